The lowest BCUT2D eigenvalue weighted by Crippen LogP contribution is -2.28. The van der Waals surface area contributed by atoms with Gasteiger partial charge in [0, 0.05) is 35.8 Å². The summed E-state index contributed by atoms with van der Waals surface area (Å²) in [6.45, 7) is 2.54. The van der Waals surface area contributed by atoms with Gasteiger partial charge in [0.15, 0.2) is 5.82 Å². The van der Waals surface area contributed by atoms with Gasteiger partial charge < -0.3 is 5.32 Å². The standard InChI is InChI=1S/C21H19F2N3O3S/c1-13-9-19(17-11-15(22)12-18(23)20(17)24-13)25-21(27)14-5-4-6-16(10-14)30(28,29)26-7-2-3-8-26/h4-6,9-12H,2-3,7-8H2,1H3,(H,24,25,27). The maximum atomic E-state index is 14.1. The van der Waals surface area contributed by atoms with Gasteiger partial charge in [-0.1, -0.05) is 6.07 Å². The summed E-state index contributed by atoms with van der Waals surface area (Å²) >= 11 is 0. The molecule has 0 bridgehead atoms. The van der Waals surface area contributed by atoms with Crippen LogP contribution in [0.1, 0.15) is 28.9 Å². The Hall–Kier alpha value is -2.91. The van der Waals surface area contributed by atoms with Crippen LogP contribution in [-0.4, -0.2) is 36.7 Å². The molecule has 0 atom stereocenters. The number of benzene rings is 2. The molecule has 1 fully saturated rings. The Morgan fingerprint density at radius 1 is 1.10 bits per heavy atom. The highest BCUT2D eigenvalue weighted by molar-refractivity contribution is 7.89. The van der Waals surface area contributed by atoms with Crippen molar-refractivity contribution in [1.29, 1.82) is 0 Å². The van der Waals surface area contributed by atoms with Crippen LogP contribution in [0, 0.1) is 18.6 Å². The molecule has 156 valence electrons. The van der Waals surface area contributed by atoms with Gasteiger partial charge in [-0.15, -0.1) is 0 Å². The Morgan fingerprint density at radius 3 is 2.57 bits per heavy atom. The van der Waals surface area contributed by atoms with Crippen molar-refractivity contribution in [3.63, 3.8) is 0 Å². The summed E-state index contributed by atoms with van der Waals surface area (Å²) < 4.78 is 54.8. The molecule has 1 N–H and O–H groups in total. The first-order valence-electron chi connectivity index (χ1n) is 9.44. The number of hydrogen-bond acceptors (Lipinski definition) is 4. The number of hydrogen-bond donors (Lipinski definition) is 1. The molecule has 2 heterocycles. The first-order chi connectivity index (χ1) is 14.3. The highest BCUT2D eigenvalue weighted by Gasteiger charge is 2.27. The number of halogens is 2. The molecule has 1 aliphatic rings. The minimum atomic E-state index is -3.68. The topological polar surface area (TPSA) is 79.4 Å². The molecular weight excluding hydrogens is 412 g/mol. The van der Waals surface area contributed by atoms with Gasteiger partial charge in [-0.3, -0.25) is 4.79 Å². The number of nitrogens with one attached hydrogen (secondary N) is 1. The molecule has 30 heavy (non-hydrogen) atoms. The monoisotopic (exact) mass is 431 g/mol. The molecule has 1 aromatic heterocycles. The van der Waals surface area contributed by atoms with Crippen molar-refractivity contribution >= 4 is 32.5 Å². The van der Waals surface area contributed by atoms with Crippen molar-refractivity contribution in [2.75, 3.05) is 18.4 Å². The van der Waals surface area contributed by atoms with E-state index < -0.39 is 27.6 Å². The Balaban J connectivity index is 1.69. The zero-order valence-electron chi connectivity index (χ0n) is 16.2. The molecule has 0 spiro atoms. The minimum Gasteiger partial charge on any atom is -0.321 e. The van der Waals surface area contributed by atoms with Crippen molar-refractivity contribution in [3.8, 4) is 0 Å². The highest BCUT2D eigenvalue weighted by atomic mass is 32.2. The van der Waals surface area contributed by atoms with Crippen molar-refractivity contribution in [1.82, 2.24) is 9.29 Å². The number of aryl methyl sites for hydroxylation is 1. The molecule has 1 aliphatic heterocycles. The lowest BCUT2D eigenvalue weighted by molar-refractivity contribution is 0.102. The van der Waals surface area contributed by atoms with Crippen molar-refractivity contribution in [3.05, 3.63) is 65.4 Å². The van der Waals surface area contributed by atoms with Gasteiger partial charge >= 0.3 is 0 Å². The third-order valence-corrected chi connectivity index (χ3v) is 6.90. The zero-order valence-corrected chi connectivity index (χ0v) is 17.0. The second-order valence-corrected chi connectivity index (χ2v) is 9.13. The number of pyridine rings is 1. The van der Waals surface area contributed by atoms with Crippen molar-refractivity contribution < 1.29 is 22.0 Å². The predicted octanol–water partition coefficient (Wildman–Crippen LogP) is 3.86. The quantitative estimate of drug-likeness (QED) is 0.680. The van der Waals surface area contributed by atoms with E-state index >= 15 is 0 Å². The summed E-state index contributed by atoms with van der Waals surface area (Å²) in [5.74, 6) is -2.21. The fraction of sp³-hybridized carbons (Fsp3) is 0.238. The maximum Gasteiger partial charge on any atom is 0.255 e. The molecule has 1 saturated heterocycles. The molecule has 3 aromatic rings. The van der Waals surface area contributed by atoms with Gasteiger partial charge in [0.1, 0.15) is 11.3 Å². The summed E-state index contributed by atoms with van der Waals surface area (Å²) in [6.07, 6.45) is 1.61. The van der Waals surface area contributed by atoms with Crippen LogP contribution in [0.25, 0.3) is 10.9 Å². The molecule has 6 nitrogen and oxygen atoms in total. The number of fused-ring (bicyclic) bond motifs is 1. The molecule has 0 saturated carbocycles. The van der Waals surface area contributed by atoms with E-state index in [1.807, 2.05) is 0 Å². The fourth-order valence-electron chi connectivity index (χ4n) is 3.55. The Morgan fingerprint density at radius 2 is 1.83 bits per heavy atom. The summed E-state index contributed by atoms with van der Waals surface area (Å²) in [6, 6.07) is 9.05. The second kappa shape index (κ2) is 7.73. The molecule has 1 amide bonds. The normalized spacial score (nSPS) is 14.9. The lowest BCUT2D eigenvalue weighted by Gasteiger charge is -2.16. The number of anilines is 1. The molecule has 9 heteroatoms. The van der Waals surface area contributed by atoms with Gasteiger partial charge in [-0.05, 0) is 50.1 Å². The summed E-state index contributed by atoms with van der Waals surface area (Å²) in [7, 11) is -3.68. The molecule has 2 aromatic carbocycles. The average molecular weight is 431 g/mol. The number of amides is 1. The molecule has 0 unspecified atom stereocenters. The van der Waals surface area contributed by atoms with Crippen LogP contribution in [0.3, 0.4) is 0 Å². The molecule has 4 rings (SSSR count). The first kappa shape index (κ1) is 20.4. The summed E-state index contributed by atoms with van der Waals surface area (Å²) in [5.41, 5.74) is 0.689. The van der Waals surface area contributed by atoms with E-state index in [9.17, 15) is 22.0 Å². The van der Waals surface area contributed by atoms with Crippen LogP contribution in [0.15, 0.2) is 47.4 Å². The van der Waals surface area contributed by atoms with Crippen LogP contribution in [-0.2, 0) is 10.0 Å². The van der Waals surface area contributed by atoms with Gasteiger partial charge in [-0.25, -0.2) is 22.2 Å². The van der Waals surface area contributed by atoms with Gasteiger partial charge in [0.25, 0.3) is 5.91 Å². The number of carbonyl (C=O) groups excluding carboxylic acids is 1. The van der Waals surface area contributed by atoms with E-state index in [1.165, 1.54) is 34.6 Å². The van der Waals surface area contributed by atoms with E-state index in [4.69, 9.17) is 0 Å². The summed E-state index contributed by atoms with van der Waals surface area (Å²) in [5, 5.41) is 2.74. The van der Waals surface area contributed by atoms with E-state index in [0.29, 0.717) is 18.8 Å². The average Bonchev–Trinajstić information content (AvgIpc) is 3.25. The van der Waals surface area contributed by atoms with Gasteiger partial charge in [0.2, 0.25) is 10.0 Å². The van der Waals surface area contributed by atoms with Crippen LogP contribution < -0.4 is 5.32 Å². The smallest absolute Gasteiger partial charge is 0.255 e. The number of sulfonamides is 1. The van der Waals surface area contributed by atoms with E-state index in [1.54, 1.807) is 6.92 Å². The predicted molar refractivity (Wildman–Crippen MR) is 109 cm³/mol. The van der Waals surface area contributed by atoms with Crippen LogP contribution in [0.5, 0.6) is 0 Å². The second-order valence-electron chi connectivity index (χ2n) is 7.19. The highest BCUT2D eigenvalue weighted by Crippen LogP contribution is 2.27. The number of nitrogens with zero attached hydrogens (tertiary/aromatic N) is 2. The van der Waals surface area contributed by atoms with E-state index in [2.05, 4.69) is 10.3 Å². The van der Waals surface area contributed by atoms with Crippen LogP contribution >= 0.6 is 0 Å². The molecular formula is C21H19F2N3O3S. The van der Waals surface area contributed by atoms with Crippen LogP contribution in [0.4, 0.5) is 14.5 Å². The molecule has 0 radical (unpaired) electrons. The Kier molecular flexibility index (Phi) is 5.25. The Labute approximate surface area is 172 Å². The first-order valence-corrected chi connectivity index (χ1v) is 10.9. The van der Waals surface area contributed by atoms with Crippen molar-refractivity contribution in [2.24, 2.45) is 0 Å². The SMILES string of the molecule is Cc1cc(NC(=O)c2cccc(S(=O)(=O)N3CCCC3)c2)c2cc(F)cc(F)c2n1. The third-order valence-electron chi connectivity index (χ3n) is 5.01. The number of rotatable bonds is 4. The Bertz CT molecular complexity index is 1260. The van der Waals surface area contributed by atoms with Gasteiger partial charge in [0.05, 0.1) is 10.6 Å². The lowest BCUT2D eigenvalue weighted by atomic mass is 10.1. The number of aromatic nitrogens is 1. The minimum absolute atomic E-state index is 0.0323. The maximum absolute atomic E-state index is 14.1. The van der Waals surface area contributed by atoms with E-state index in [0.717, 1.165) is 25.0 Å². The van der Waals surface area contributed by atoms with Gasteiger partial charge in [-0.2, -0.15) is 4.31 Å². The fourth-order valence-corrected chi connectivity index (χ4v) is 5.12. The van der Waals surface area contributed by atoms with E-state index in [-0.39, 0.29) is 27.0 Å². The van der Waals surface area contributed by atoms with Crippen LogP contribution in [0.2, 0.25) is 0 Å². The third kappa shape index (κ3) is 3.78. The zero-order chi connectivity index (χ0) is 21.5. The molecule has 0 aliphatic carbocycles. The number of carbonyl (C=O) groups is 1. The summed E-state index contributed by atoms with van der Waals surface area (Å²) in [4.78, 5) is 16.9. The van der Waals surface area contributed by atoms with Crippen molar-refractivity contribution in [2.45, 2.75) is 24.7 Å². The largest absolute Gasteiger partial charge is 0.321 e.